The van der Waals surface area contributed by atoms with Crippen LogP contribution in [-0.4, -0.2) is 23.9 Å². The van der Waals surface area contributed by atoms with Crippen LogP contribution in [0.1, 0.15) is 36.5 Å². The van der Waals surface area contributed by atoms with Gasteiger partial charge < -0.3 is 10.1 Å². The second-order valence-electron chi connectivity index (χ2n) is 4.74. The maximum Gasteiger partial charge on any atom is 0.251 e. The van der Waals surface area contributed by atoms with Gasteiger partial charge in [0.15, 0.2) is 0 Å². The molecule has 1 aromatic rings. The fourth-order valence-corrected chi connectivity index (χ4v) is 2.04. The van der Waals surface area contributed by atoms with Crippen LogP contribution in [0.5, 0.6) is 5.75 Å². The van der Waals surface area contributed by atoms with Gasteiger partial charge in [0, 0.05) is 11.4 Å². The van der Waals surface area contributed by atoms with Crippen molar-refractivity contribution in [2.75, 3.05) is 12.5 Å². The smallest absolute Gasteiger partial charge is 0.251 e. The largest absolute Gasteiger partial charge is 0.494 e. The topological polar surface area (TPSA) is 38.3 Å². The molecule has 2 rings (SSSR count). The van der Waals surface area contributed by atoms with Gasteiger partial charge >= 0.3 is 0 Å². The maximum atomic E-state index is 12.1. The molecule has 1 aliphatic rings. The number of carbonyl (C=O) groups excluding carboxylic acids is 1. The summed E-state index contributed by atoms with van der Waals surface area (Å²) in [6.45, 7) is 2.71. The van der Waals surface area contributed by atoms with E-state index in [0.29, 0.717) is 18.1 Å². The van der Waals surface area contributed by atoms with Gasteiger partial charge in [-0.05, 0) is 37.5 Å². The van der Waals surface area contributed by atoms with Crippen molar-refractivity contribution in [3.63, 3.8) is 0 Å². The van der Waals surface area contributed by atoms with Gasteiger partial charge in [-0.15, -0.1) is 11.6 Å². The number of carbonyl (C=O) groups is 1. The average Bonchev–Trinajstić information content (AvgIpc) is 3.17. The van der Waals surface area contributed by atoms with Gasteiger partial charge in [-0.25, -0.2) is 0 Å². The number of amides is 1. The van der Waals surface area contributed by atoms with Crippen molar-refractivity contribution in [2.45, 2.75) is 31.7 Å². The quantitative estimate of drug-likeness (QED) is 0.805. The lowest BCUT2D eigenvalue weighted by atomic mass is 10.2. The summed E-state index contributed by atoms with van der Waals surface area (Å²) in [5.41, 5.74) is 0.457. The van der Waals surface area contributed by atoms with Gasteiger partial charge in [-0.1, -0.05) is 13.0 Å². The predicted molar refractivity (Wildman–Crippen MR) is 72.4 cm³/mol. The van der Waals surface area contributed by atoms with E-state index in [1.807, 2.05) is 19.1 Å². The monoisotopic (exact) mass is 267 g/mol. The van der Waals surface area contributed by atoms with E-state index in [9.17, 15) is 4.79 Å². The number of benzene rings is 1. The molecule has 0 unspecified atom stereocenters. The first-order valence-electron chi connectivity index (χ1n) is 6.30. The summed E-state index contributed by atoms with van der Waals surface area (Å²) in [6, 6.07) is 7.26. The van der Waals surface area contributed by atoms with Crippen LogP contribution in [-0.2, 0) is 0 Å². The maximum absolute atomic E-state index is 12.1. The summed E-state index contributed by atoms with van der Waals surface area (Å²) in [6.07, 6.45) is 2.88. The summed E-state index contributed by atoms with van der Waals surface area (Å²) in [7, 11) is 0. The van der Waals surface area contributed by atoms with E-state index >= 15 is 0 Å². The first-order chi connectivity index (χ1) is 8.69. The molecule has 0 heterocycles. The van der Waals surface area contributed by atoms with Crippen molar-refractivity contribution < 1.29 is 9.53 Å². The Morgan fingerprint density at radius 2 is 2.28 bits per heavy atom. The second kappa shape index (κ2) is 5.61. The molecule has 0 bridgehead atoms. The summed E-state index contributed by atoms with van der Waals surface area (Å²) in [5.74, 6) is 1.14. The Hall–Kier alpha value is -1.22. The Morgan fingerprint density at radius 3 is 2.89 bits per heavy atom. The highest BCUT2D eigenvalue weighted by molar-refractivity contribution is 6.19. The van der Waals surface area contributed by atoms with Gasteiger partial charge in [0.2, 0.25) is 0 Å². The van der Waals surface area contributed by atoms with Gasteiger partial charge in [0.1, 0.15) is 5.75 Å². The molecule has 1 amide bonds. The standard InChI is InChI=1S/C14H18ClNO2/c1-2-8-18-12-5-3-4-11(9-12)13(17)16-14(10-15)6-7-14/h3-5,9H,2,6-8,10H2,1H3,(H,16,17). The Labute approximate surface area is 112 Å². The van der Waals surface area contributed by atoms with E-state index in [2.05, 4.69) is 5.32 Å². The molecule has 18 heavy (non-hydrogen) atoms. The normalized spacial score (nSPS) is 16.1. The van der Waals surface area contributed by atoms with Gasteiger partial charge in [-0.3, -0.25) is 4.79 Å². The molecule has 3 nitrogen and oxygen atoms in total. The highest BCUT2D eigenvalue weighted by Crippen LogP contribution is 2.36. The number of hydrogen-bond acceptors (Lipinski definition) is 2. The van der Waals surface area contributed by atoms with Crippen LogP contribution in [0, 0.1) is 0 Å². The van der Waals surface area contributed by atoms with Crippen LogP contribution in [0.2, 0.25) is 0 Å². The average molecular weight is 268 g/mol. The van der Waals surface area contributed by atoms with Crippen LogP contribution >= 0.6 is 11.6 Å². The minimum Gasteiger partial charge on any atom is -0.494 e. The van der Waals surface area contributed by atoms with E-state index < -0.39 is 0 Å². The molecule has 0 radical (unpaired) electrons. The van der Waals surface area contributed by atoms with Gasteiger partial charge in [-0.2, -0.15) is 0 Å². The minimum absolute atomic E-state index is 0.0740. The zero-order chi connectivity index (χ0) is 13.0. The molecule has 1 aromatic carbocycles. The molecule has 98 valence electrons. The van der Waals surface area contributed by atoms with Crippen LogP contribution < -0.4 is 10.1 Å². The van der Waals surface area contributed by atoms with Crippen LogP contribution in [0.3, 0.4) is 0 Å². The number of rotatable bonds is 6. The van der Waals surface area contributed by atoms with Crippen LogP contribution in [0.4, 0.5) is 0 Å². The molecule has 1 N–H and O–H groups in total. The third-order valence-corrected chi connectivity index (χ3v) is 3.57. The number of alkyl halides is 1. The van der Waals surface area contributed by atoms with Crippen molar-refractivity contribution in [1.29, 1.82) is 0 Å². The highest BCUT2D eigenvalue weighted by atomic mass is 35.5. The lowest BCUT2D eigenvalue weighted by molar-refractivity contribution is 0.0935. The molecule has 0 spiro atoms. The van der Waals surface area contributed by atoms with Crippen molar-refractivity contribution in [3.05, 3.63) is 29.8 Å². The van der Waals surface area contributed by atoms with Crippen molar-refractivity contribution in [3.8, 4) is 5.75 Å². The number of nitrogens with one attached hydrogen (secondary N) is 1. The first-order valence-corrected chi connectivity index (χ1v) is 6.84. The molecule has 0 atom stereocenters. The fraction of sp³-hybridized carbons (Fsp3) is 0.500. The Bertz CT molecular complexity index is 430. The van der Waals surface area contributed by atoms with Crippen molar-refractivity contribution >= 4 is 17.5 Å². The Morgan fingerprint density at radius 1 is 1.50 bits per heavy atom. The molecule has 4 heteroatoms. The Kier molecular flexibility index (Phi) is 4.12. The van der Waals surface area contributed by atoms with E-state index in [4.69, 9.17) is 16.3 Å². The molecule has 0 saturated heterocycles. The SMILES string of the molecule is CCCOc1cccc(C(=O)NC2(CCl)CC2)c1. The van der Waals surface area contributed by atoms with Crippen molar-refractivity contribution in [2.24, 2.45) is 0 Å². The molecule has 1 saturated carbocycles. The molecular formula is C14H18ClNO2. The summed E-state index contributed by atoms with van der Waals surface area (Å²) < 4.78 is 5.51. The zero-order valence-corrected chi connectivity index (χ0v) is 11.3. The summed E-state index contributed by atoms with van der Waals surface area (Å²) in [4.78, 5) is 12.1. The number of halogens is 1. The predicted octanol–water partition coefficient (Wildman–Crippen LogP) is 2.98. The molecule has 1 aliphatic carbocycles. The van der Waals surface area contributed by atoms with E-state index in [1.54, 1.807) is 12.1 Å². The first kappa shape index (κ1) is 13.2. The van der Waals surface area contributed by atoms with E-state index in [0.717, 1.165) is 25.0 Å². The lowest BCUT2D eigenvalue weighted by Gasteiger charge is -2.14. The molecular weight excluding hydrogens is 250 g/mol. The van der Waals surface area contributed by atoms with Crippen molar-refractivity contribution in [1.82, 2.24) is 5.32 Å². The highest BCUT2D eigenvalue weighted by Gasteiger charge is 2.43. The van der Waals surface area contributed by atoms with Gasteiger partial charge in [0.05, 0.1) is 12.1 Å². The van der Waals surface area contributed by atoms with Crippen LogP contribution in [0.15, 0.2) is 24.3 Å². The fourth-order valence-electron chi connectivity index (χ4n) is 1.70. The molecule has 0 aliphatic heterocycles. The number of ether oxygens (including phenoxy) is 1. The molecule has 0 aromatic heterocycles. The number of hydrogen-bond donors (Lipinski definition) is 1. The lowest BCUT2D eigenvalue weighted by Crippen LogP contribution is -2.38. The summed E-state index contributed by atoms with van der Waals surface area (Å²) in [5, 5.41) is 2.99. The minimum atomic E-state index is -0.168. The summed E-state index contributed by atoms with van der Waals surface area (Å²) >= 11 is 5.85. The van der Waals surface area contributed by atoms with E-state index in [-0.39, 0.29) is 11.4 Å². The second-order valence-corrected chi connectivity index (χ2v) is 5.01. The zero-order valence-electron chi connectivity index (χ0n) is 10.5. The van der Waals surface area contributed by atoms with E-state index in [1.165, 1.54) is 0 Å². The third-order valence-electron chi connectivity index (χ3n) is 3.06. The third kappa shape index (κ3) is 3.16. The van der Waals surface area contributed by atoms with Crippen LogP contribution in [0.25, 0.3) is 0 Å². The Balaban J connectivity index is 2.01. The molecule has 1 fully saturated rings. The van der Waals surface area contributed by atoms with Gasteiger partial charge in [0.25, 0.3) is 5.91 Å².